The molecule has 1 unspecified atom stereocenters. The first-order valence-corrected chi connectivity index (χ1v) is 7.74. The Morgan fingerprint density at radius 1 is 1.30 bits per heavy atom. The summed E-state index contributed by atoms with van der Waals surface area (Å²) in [4.78, 5) is 14.2. The van der Waals surface area contributed by atoms with E-state index in [0.717, 1.165) is 45.2 Å². The fourth-order valence-corrected chi connectivity index (χ4v) is 3.09. The summed E-state index contributed by atoms with van der Waals surface area (Å²) in [5.41, 5.74) is -0.392. The van der Waals surface area contributed by atoms with Crippen molar-refractivity contribution in [1.29, 1.82) is 0 Å². The second kappa shape index (κ2) is 6.72. The molecule has 0 radical (unpaired) electrons. The molecule has 0 aromatic rings. The average molecular weight is 281 g/mol. The predicted octanol–water partition coefficient (Wildman–Crippen LogP) is 2.12. The normalized spacial score (nSPS) is 25.6. The third kappa shape index (κ3) is 4.32. The number of carbonyl (C=O) groups is 1. The molecule has 1 heterocycles. The first-order valence-electron chi connectivity index (χ1n) is 7.74. The number of ether oxygens (including phenoxy) is 1. The van der Waals surface area contributed by atoms with E-state index < -0.39 is 5.60 Å². The minimum Gasteiger partial charge on any atom is -0.458 e. The Morgan fingerprint density at radius 2 is 2.00 bits per heavy atom. The largest absolute Gasteiger partial charge is 0.458 e. The average Bonchev–Trinajstić information content (AvgIpc) is 2.42. The van der Waals surface area contributed by atoms with Crippen molar-refractivity contribution < 1.29 is 14.6 Å². The molecule has 0 aromatic heterocycles. The maximum atomic E-state index is 12.1. The summed E-state index contributed by atoms with van der Waals surface area (Å²) in [6.07, 6.45) is 8.86. The summed E-state index contributed by atoms with van der Waals surface area (Å²) >= 11 is 0. The fourth-order valence-electron chi connectivity index (χ4n) is 3.09. The predicted molar refractivity (Wildman–Crippen MR) is 78.3 cm³/mol. The van der Waals surface area contributed by atoms with Gasteiger partial charge in [0, 0.05) is 19.0 Å². The van der Waals surface area contributed by atoms with E-state index in [1.54, 1.807) is 0 Å². The smallest absolute Gasteiger partial charge is 0.320 e. The lowest BCUT2D eigenvalue weighted by atomic mass is 9.81. The molecule has 20 heavy (non-hydrogen) atoms. The van der Waals surface area contributed by atoms with Crippen molar-refractivity contribution in [1.82, 2.24) is 4.90 Å². The van der Waals surface area contributed by atoms with Gasteiger partial charge in [-0.05, 0) is 46.0 Å². The molecule has 2 aliphatic rings. The molecule has 114 valence electrons. The van der Waals surface area contributed by atoms with Crippen molar-refractivity contribution >= 4 is 5.97 Å². The van der Waals surface area contributed by atoms with Crippen LogP contribution in [0.1, 0.15) is 46.0 Å². The van der Waals surface area contributed by atoms with Gasteiger partial charge in [-0.3, -0.25) is 9.69 Å². The van der Waals surface area contributed by atoms with Gasteiger partial charge in [0.2, 0.25) is 0 Å². The number of rotatable bonds is 4. The van der Waals surface area contributed by atoms with E-state index in [9.17, 15) is 9.90 Å². The monoisotopic (exact) mass is 281 g/mol. The van der Waals surface area contributed by atoms with E-state index in [2.05, 4.69) is 17.1 Å². The number of nitrogens with zero attached hydrogens (tertiary/aromatic N) is 1. The van der Waals surface area contributed by atoms with Gasteiger partial charge in [-0.15, -0.1) is 0 Å². The lowest BCUT2D eigenvalue weighted by molar-refractivity contribution is -0.163. The van der Waals surface area contributed by atoms with Gasteiger partial charge in [-0.1, -0.05) is 12.2 Å². The molecule has 1 aliphatic carbocycles. The highest BCUT2D eigenvalue weighted by atomic mass is 16.6. The van der Waals surface area contributed by atoms with E-state index in [1.807, 2.05) is 13.8 Å². The number of hydrogen-bond acceptors (Lipinski definition) is 4. The molecule has 1 fully saturated rings. The van der Waals surface area contributed by atoms with Crippen molar-refractivity contribution in [2.24, 2.45) is 5.92 Å². The van der Waals surface area contributed by atoms with E-state index in [0.29, 0.717) is 12.5 Å². The summed E-state index contributed by atoms with van der Waals surface area (Å²) in [5.74, 6) is 0.278. The Kier molecular flexibility index (Phi) is 5.22. The first-order chi connectivity index (χ1) is 9.47. The molecule has 0 spiro atoms. The van der Waals surface area contributed by atoms with E-state index in [4.69, 9.17) is 4.74 Å². The molecule has 0 amide bonds. The molecule has 0 bridgehead atoms. The number of hydrogen-bond donors (Lipinski definition) is 1. The zero-order valence-corrected chi connectivity index (χ0v) is 12.7. The van der Waals surface area contributed by atoms with E-state index in [1.165, 1.54) is 0 Å². The molecule has 4 nitrogen and oxygen atoms in total. The number of esters is 1. The van der Waals surface area contributed by atoms with Gasteiger partial charge in [-0.25, -0.2) is 0 Å². The van der Waals surface area contributed by atoms with Gasteiger partial charge in [-0.2, -0.15) is 0 Å². The molecule has 4 heteroatoms. The van der Waals surface area contributed by atoms with Crippen LogP contribution in [0.3, 0.4) is 0 Å². The van der Waals surface area contributed by atoms with Crippen LogP contribution in [0.4, 0.5) is 0 Å². The summed E-state index contributed by atoms with van der Waals surface area (Å²) in [5, 5.41) is 9.47. The Hall–Kier alpha value is -0.870. The van der Waals surface area contributed by atoms with Crippen molar-refractivity contribution in [2.75, 3.05) is 19.6 Å². The van der Waals surface area contributed by atoms with Gasteiger partial charge in [0.25, 0.3) is 0 Å². The van der Waals surface area contributed by atoms with Crippen LogP contribution in [0.25, 0.3) is 0 Å². The summed E-state index contributed by atoms with van der Waals surface area (Å²) in [6, 6.07) is 0. The van der Waals surface area contributed by atoms with Gasteiger partial charge >= 0.3 is 5.97 Å². The molecule has 1 atom stereocenters. The third-order valence-electron chi connectivity index (χ3n) is 4.54. The number of aliphatic hydroxyl groups excluding tert-OH is 1. The number of aliphatic hydroxyl groups is 1. The minimum atomic E-state index is -0.392. The van der Waals surface area contributed by atoms with Gasteiger partial charge in [0.1, 0.15) is 5.60 Å². The lowest BCUT2D eigenvalue weighted by Gasteiger charge is -2.36. The number of piperidine rings is 1. The van der Waals surface area contributed by atoms with Crippen LogP contribution in [0.5, 0.6) is 0 Å². The maximum Gasteiger partial charge on any atom is 0.320 e. The van der Waals surface area contributed by atoms with E-state index in [-0.39, 0.29) is 12.1 Å². The van der Waals surface area contributed by atoms with Crippen LogP contribution in [-0.2, 0) is 9.53 Å². The van der Waals surface area contributed by atoms with Gasteiger partial charge in [0.05, 0.1) is 12.6 Å². The molecule has 1 saturated heterocycles. The Morgan fingerprint density at radius 3 is 2.60 bits per heavy atom. The molecule has 0 aromatic carbocycles. The molecule has 1 aliphatic heterocycles. The quantitative estimate of drug-likeness (QED) is 0.633. The summed E-state index contributed by atoms with van der Waals surface area (Å²) in [7, 11) is 0. The highest BCUT2D eigenvalue weighted by Crippen LogP contribution is 2.32. The summed E-state index contributed by atoms with van der Waals surface area (Å²) in [6.45, 7) is 5.95. The van der Waals surface area contributed by atoms with Crippen molar-refractivity contribution in [3.63, 3.8) is 0 Å². The molecule has 0 saturated carbocycles. The van der Waals surface area contributed by atoms with Crippen LogP contribution >= 0.6 is 0 Å². The number of likely N-dealkylation sites (tertiary alicyclic amines) is 1. The van der Waals surface area contributed by atoms with Crippen LogP contribution < -0.4 is 0 Å². The number of allylic oxidation sites excluding steroid dienone is 2. The topological polar surface area (TPSA) is 49.8 Å². The van der Waals surface area contributed by atoms with Crippen molar-refractivity contribution in [3.8, 4) is 0 Å². The van der Waals surface area contributed by atoms with Gasteiger partial charge in [0.15, 0.2) is 0 Å². The Bertz CT molecular complexity index is 357. The maximum absolute atomic E-state index is 12.1. The lowest BCUT2D eigenvalue weighted by Crippen LogP contribution is -2.43. The van der Waals surface area contributed by atoms with Crippen LogP contribution in [0, 0.1) is 5.92 Å². The zero-order chi connectivity index (χ0) is 14.6. The second-order valence-electron chi connectivity index (χ2n) is 6.57. The zero-order valence-electron chi connectivity index (χ0n) is 12.7. The second-order valence-corrected chi connectivity index (χ2v) is 6.57. The van der Waals surface area contributed by atoms with E-state index >= 15 is 0 Å². The standard InChI is InChI=1S/C16H27NO3/c1-16(2,13-6-4-3-5-7-13)20-15(19)12-17-10-8-14(18)9-11-17/h3-4,13-14,18H,5-12H2,1-2H3. The minimum absolute atomic E-state index is 0.138. The van der Waals surface area contributed by atoms with Crippen LogP contribution in [0.2, 0.25) is 0 Å². The van der Waals surface area contributed by atoms with Crippen LogP contribution in [-0.4, -0.2) is 47.3 Å². The Balaban J connectivity index is 1.79. The molecule has 1 N–H and O–H groups in total. The fraction of sp³-hybridized carbons (Fsp3) is 0.812. The highest BCUT2D eigenvalue weighted by molar-refractivity contribution is 5.72. The molecule has 2 rings (SSSR count). The SMILES string of the molecule is CC(C)(OC(=O)CN1CCC(O)CC1)C1CC=CCC1. The molecular formula is C16H27NO3. The Labute approximate surface area is 121 Å². The van der Waals surface area contributed by atoms with Crippen molar-refractivity contribution in [3.05, 3.63) is 12.2 Å². The number of carbonyl (C=O) groups excluding carboxylic acids is 1. The van der Waals surface area contributed by atoms with Crippen molar-refractivity contribution in [2.45, 2.75) is 57.7 Å². The first kappa shape index (κ1) is 15.5. The third-order valence-corrected chi connectivity index (χ3v) is 4.54. The van der Waals surface area contributed by atoms with Crippen LogP contribution in [0.15, 0.2) is 12.2 Å². The highest BCUT2D eigenvalue weighted by Gasteiger charge is 2.33. The van der Waals surface area contributed by atoms with Gasteiger partial charge < -0.3 is 9.84 Å². The summed E-state index contributed by atoms with van der Waals surface area (Å²) < 4.78 is 5.73. The molecular weight excluding hydrogens is 254 g/mol.